The fourth-order valence-corrected chi connectivity index (χ4v) is 5.03. The number of anilines is 4. The van der Waals surface area contributed by atoms with Crippen LogP contribution in [0.1, 0.15) is 94.5 Å². The van der Waals surface area contributed by atoms with Gasteiger partial charge in [0.15, 0.2) is 0 Å². The Morgan fingerprint density at radius 1 is 0.605 bits per heavy atom. The van der Waals surface area contributed by atoms with Gasteiger partial charge in [0.25, 0.3) is 0 Å². The van der Waals surface area contributed by atoms with Gasteiger partial charge in [-0.05, 0) is 37.7 Å². The van der Waals surface area contributed by atoms with E-state index in [0.29, 0.717) is 11.9 Å². The average Bonchev–Trinajstić information content (AvgIpc) is 2.92. The molecule has 3 aromatic rings. The number of nitrogens with one attached hydrogen (secondary N) is 4. The Bertz CT molecular complexity index is 1010. The Morgan fingerprint density at radius 2 is 1.05 bits per heavy atom. The van der Waals surface area contributed by atoms with Crippen molar-refractivity contribution >= 4 is 23.5 Å². The lowest BCUT2D eigenvalue weighted by Crippen LogP contribution is -2.33. The molecule has 1 fully saturated rings. The average molecular weight is 517 g/mol. The first-order valence-electron chi connectivity index (χ1n) is 14.4. The summed E-state index contributed by atoms with van der Waals surface area (Å²) in [4.78, 5) is 19.5. The van der Waals surface area contributed by atoms with Gasteiger partial charge in [0.1, 0.15) is 11.6 Å². The van der Waals surface area contributed by atoms with Crippen LogP contribution in [-0.2, 0) is 0 Å². The molecule has 8 nitrogen and oxygen atoms in total. The zero-order chi connectivity index (χ0) is 26.7. The van der Waals surface area contributed by atoms with E-state index >= 15 is 0 Å². The van der Waals surface area contributed by atoms with Gasteiger partial charge in [0, 0.05) is 56.1 Å². The van der Waals surface area contributed by atoms with Crippen LogP contribution in [0.2, 0.25) is 0 Å². The van der Waals surface area contributed by atoms with Gasteiger partial charge < -0.3 is 21.3 Å². The van der Waals surface area contributed by atoms with Crippen LogP contribution in [0.15, 0.2) is 42.5 Å². The molecule has 38 heavy (non-hydrogen) atoms. The van der Waals surface area contributed by atoms with Crippen molar-refractivity contribution in [3.8, 4) is 0 Å². The second-order valence-corrected chi connectivity index (χ2v) is 10.1. The van der Waals surface area contributed by atoms with Crippen LogP contribution in [-0.4, -0.2) is 46.1 Å². The maximum absolute atomic E-state index is 5.00. The van der Waals surface area contributed by atoms with Crippen molar-refractivity contribution in [2.24, 2.45) is 0 Å². The van der Waals surface area contributed by atoms with Crippen molar-refractivity contribution < 1.29 is 0 Å². The Hall–Kier alpha value is -3.42. The summed E-state index contributed by atoms with van der Waals surface area (Å²) in [6.07, 6.45) is 5.13. The zero-order valence-corrected chi connectivity index (χ0v) is 23.4. The number of hydrogen-bond donors (Lipinski definition) is 4. The third kappa shape index (κ3) is 6.91. The Balaban J connectivity index is 1.69. The van der Waals surface area contributed by atoms with Crippen LogP contribution in [0.4, 0.5) is 23.5 Å². The number of rotatable bonds is 15. The molecule has 2 aromatic heterocycles. The predicted octanol–water partition coefficient (Wildman–Crippen LogP) is 6.61. The highest BCUT2D eigenvalue weighted by Gasteiger charge is 2.45. The minimum atomic E-state index is 0.275. The molecular weight excluding hydrogens is 472 g/mol. The van der Waals surface area contributed by atoms with Crippen LogP contribution in [0.5, 0.6) is 0 Å². The highest BCUT2D eigenvalue weighted by molar-refractivity contribution is 5.49. The van der Waals surface area contributed by atoms with Crippen molar-refractivity contribution in [3.63, 3.8) is 0 Å². The molecule has 4 rings (SSSR count). The van der Waals surface area contributed by atoms with Crippen molar-refractivity contribution in [1.29, 1.82) is 0 Å². The summed E-state index contributed by atoms with van der Waals surface area (Å²) in [5.74, 6) is 4.04. The molecule has 1 saturated carbocycles. The normalized spacial score (nSPS) is 18.5. The fourth-order valence-electron chi connectivity index (χ4n) is 5.03. The molecule has 0 radical (unpaired) electrons. The van der Waals surface area contributed by atoms with E-state index in [0.717, 1.165) is 81.3 Å². The van der Waals surface area contributed by atoms with Gasteiger partial charge in [-0.1, -0.05) is 58.0 Å². The van der Waals surface area contributed by atoms with Gasteiger partial charge in [-0.2, -0.15) is 9.97 Å². The highest BCUT2D eigenvalue weighted by Crippen LogP contribution is 2.58. The minimum absolute atomic E-state index is 0.275. The molecular formula is C30H44N8. The highest BCUT2D eigenvalue weighted by atomic mass is 15.2. The maximum atomic E-state index is 5.00. The molecule has 0 spiro atoms. The molecule has 2 unspecified atom stereocenters. The summed E-state index contributed by atoms with van der Waals surface area (Å²) in [5.41, 5.74) is 3.50. The molecule has 1 aliphatic carbocycles. The van der Waals surface area contributed by atoms with Crippen LogP contribution in [0, 0.1) is 0 Å². The molecule has 8 heteroatoms. The van der Waals surface area contributed by atoms with Gasteiger partial charge in [-0.15, -0.1) is 0 Å². The second-order valence-electron chi connectivity index (χ2n) is 10.1. The van der Waals surface area contributed by atoms with Crippen molar-refractivity contribution in [2.75, 3.05) is 47.4 Å². The number of hydrogen-bond acceptors (Lipinski definition) is 8. The van der Waals surface area contributed by atoms with E-state index in [1.54, 1.807) is 0 Å². The molecule has 0 aliphatic heterocycles. The summed E-state index contributed by atoms with van der Waals surface area (Å²) < 4.78 is 0. The molecule has 2 atom stereocenters. The van der Waals surface area contributed by atoms with Gasteiger partial charge >= 0.3 is 0 Å². The number of nitrogens with zero attached hydrogens (tertiary/aromatic N) is 4. The van der Waals surface area contributed by atoms with Gasteiger partial charge in [-0.25, -0.2) is 9.97 Å². The largest absolute Gasteiger partial charge is 0.370 e. The molecule has 0 saturated heterocycles. The van der Waals surface area contributed by atoms with Gasteiger partial charge in [-0.3, -0.25) is 0 Å². The molecule has 1 aliphatic rings. The van der Waals surface area contributed by atoms with E-state index in [2.05, 4.69) is 91.4 Å². The summed E-state index contributed by atoms with van der Waals surface area (Å²) in [7, 11) is 0. The van der Waals surface area contributed by atoms with Gasteiger partial charge in [0.2, 0.25) is 11.9 Å². The Kier molecular flexibility index (Phi) is 10.1. The maximum Gasteiger partial charge on any atom is 0.224 e. The lowest BCUT2D eigenvalue weighted by Gasteiger charge is -2.45. The third-order valence-corrected chi connectivity index (χ3v) is 6.99. The Labute approximate surface area is 227 Å². The fraction of sp³-hybridized carbons (Fsp3) is 0.533. The monoisotopic (exact) mass is 516 g/mol. The van der Waals surface area contributed by atoms with E-state index in [-0.39, 0.29) is 17.8 Å². The first kappa shape index (κ1) is 27.6. The molecule has 0 bridgehead atoms. The second kappa shape index (κ2) is 13.9. The lowest BCUT2D eigenvalue weighted by molar-refractivity contribution is 0.275. The molecule has 4 N–H and O–H groups in total. The summed E-state index contributed by atoms with van der Waals surface area (Å²) in [6, 6.07) is 15.1. The van der Waals surface area contributed by atoms with Crippen LogP contribution in [0.3, 0.4) is 0 Å². The summed E-state index contributed by atoms with van der Waals surface area (Å²) in [5, 5.41) is 13.8. The van der Waals surface area contributed by atoms with Crippen LogP contribution < -0.4 is 21.3 Å². The lowest BCUT2D eigenvalue weighted by atomic mass is 9.59. The SMILES string of the molecule is CCCNc1cc(C2CC(c3cc(NCCC)nc(NCCC)n3)C2c2ccccc2)nc(NCCC)n1. The van der Waals surface area contributed by atoms with E-state index in [9.17, 15) is 0 Å². The van der Waals surface area contributed by atoms with Crippen LogP contribution in [0.25, 0.3) is 0 Å². The standard InChI is InChI=1S/C30H44N8/c1-5-14-31-26-19-24(35-29(37-26)33-16-7-3)22-18-23(28(22)21-12-10-9-11-13-21)25-20-27(32-15-6-2)38-30(36-25)34-17-8-4/h9-13,19-20,22-23,28H,5-8,14-18H2,1-4H3,(H2,31,33,35,37)(H2,32,34,36,38). The molecule has 0 amide bonds. The third-order valence-electron chi connectivity index (χ3n) is 6.99. The molecule has 2 heterocycles. The van der Waals surface area contributed by atoms with E-state index in [1.165, 1.54) is 5.56 Å². The van der Waals surface area contributed by atoms with Crippen LogP contribution >= 0.6 is 0 Å². The first-order chi connectivity index (χ1) is 18.7. The van der Waals surface area contributed by atoms with Gasteiger partial charge in [0.05, 0.1) is 11.4 Å². The number of aromatic nitrogens is 4. The molecule has 1 aromatic carbocycles. The molecule has 204 valence electrons. The minimum Gasteiger partial charge on any atom is -0.370 e. The van der Waals surface area contributed by atoms with Crippen molar-refractivity contribution in [1.82, 2.24) is 19.9 Å². The Morgan fingerprint density at radius 3 is 1.50 bits per heavy atom. The topological polar surface area (TPSA) is 99.7 Å². The zero-order valence-electron chi connectivity index (χ0n) is 23.4. The first-order valence-corrected chi connectivity index (χ1v) is 14.4. The van der Waals surface area contributed by atoms with E-state index in [4.69, 9.17) is 19.9 Å². The van der Waals surface area contributed by atoms with Crippen molar-refractivity contribution in [3.05, 3.63) is 59.4 Å². The van der Waals surface area contributed by atoms with Crippen molar-refractivity contribution in [2.45, 2.75) is 77.6 Å². The van der Waals surface area contributed by atoms with E-state index < -0.39 is 0 Å². The number of benzene rings is 1. The van der Waals surface area contributed by atoms with E-state index in [1.807, 2.05) is 0 Å². The smallest absolute Gasteiger partial charge is 0.224 e. The summed E-state index contributed by atoms with van der Waals surface area (Å²) in [6.45, 7) is 12.1. The quantitative estimate of drug-likeness (QED) is 0.179. The summed E-state index contributed by atoms with van der Waals surface area (Å²) >= 11 is 0. The predicted molar refractivity (Wildman–Crippen MR) is 158 cm³/mol.